The minimum atomic E-state index is -0.0113. The topological polar surface area (TPSA) is 73.0 Å². The van der Waals surface area contributed by atoms with Gasteiger partial charge in [0, 0.05) is 18.2 Å². The highest BCUT2D eigenvalue weighted by Crippen LogP contribution is 2.38. The van der Waals surface area contributed by atoms with Crippen molar-refractivity contribution in [2.75, 3.05) is 0 Å². The molecule has 2 saturated carbocycles. The SMILES string of the molecule is O=C(NC1CCCC1)c1cccn1Cc1noc(C2CC2)n1. The number of hydrogen-bond acceptors (Lipinski definition) is 4. The molecule has 0 unspecified atom stereocenters. The van der Waals surface area contributed by atoms with E-state index in [4.69, 9.17) is 4.52 Å². The van der Waals surface area contributed by atoms with Crippen LogP contribution in [0.4, 0.5) is 0 Å². The summed E-state index contributed by atoms with van der Waals surface area (Å²) in [6.07, 6.45) is 8.75. The summed E-state index contributed by atoms with van der Waals surface area (Å²) in [6.45, 7) is 0.469. The fourth-order valence-corrected chi connectivity index (χ4v) is 3.07. The number of carbonyl (C=O) groups is 1. The van der Waals surface area contributed by atoms with E-state index in [1.165, 1.54) is 12.8 Å². The molecule has 6 nitrogen and oxygen atoms in total. The lowest BCUT2D eigenvalue weighted by molar-refractivity contribution is 0.0929. The molecule has 2 aromatic heterocycles. The van der Waals surface area contributed by atoms with Gasteiger partial charge in [-0.15, -0.1) is 0 Å². The first kappa shape index (κ1) is 13.5. The molecule has 0 saturated heterocycles. The number of aromatic nitrogens is 3. The van der Waals surface area contributed by atoms with Gasteiger partial charge in [-0.2, -0.15) is 4.98 Å². The first-order valence-corrected chi connectivity index (χ1v) is 8.08. The predicted molar refractivity (Wildman–Crippen MR) is 79.5 cm³/mol. The van der Waals surface area contributed by atoms with Crippen molar-refractivity contribution in [3.8, 4) is 0 Å². The Kier molecular flexibility index (Phi) is 3.44. The third-order valence-corrected chi connectivity index (χ3v) is 4.47. The average Bonchev–Trinajstić information content (AvgIpc) is 2.95. The zero-order valence-electron chi connectivity index (χ0n) is 12.5. The van der Waals surface area contributed by atoms with E-state index in [-0.39, 0.29) is 5.91 Å². The fraction of sp³-hybridized carbons (Fsp3) is 0.562. The molecule has 0 spiro atoms. The van der Waals surface area contributed by atoms with Crippen LogP contribution in [0.1, 0.15) is 66.6 Å². The zero-order valence-corrected chi connectivity index (χ0v) is 12.5. The molecular weight excluding hydrogens is 280 g/mol. The molecule has 6 heteroatoms. The Hall–Kier alpha value is -2.11. The Bertz CT molecular complexity index is 665. The van der Waals surface area contributed by atoms with E-state index < -0.39 is 0 Å². The van der Waals surface area contributed by atoms with Crippen molar-refractivity contribution >= 4 is 5.91 Å². The standard InChI is InChI=1S/C16H20N4O2/c21-15(17-12-4-1-2-5-12)13-6-3-9-20(13)10-14-18-16(22-19-14)11-7-8-11/h3,6,9,11-12H,1-2,4-5,7-8,10H2,(H,17,21). The number of carbonyl (C=O) groups excluding carboxylic acids is 1. The highest BCUT2D eigenvalue weighted by atomic mass is 16.5. The van der Waals surface area contributed by atoms with Gasteiger partial charge in [0.2, 0.25) is 5.89 Å². The van der Waals surface area contributed by atoms with Crippen molar-refractivity contribution in [2.24, 2.45) is 0 Å². The van der Waals surface area contributed by atoms with E-state index >= 15 is 0 Å². The van der Waals surface area contributed by atoms with Gasteiger partial charge < -0.3 is 14.4 Å². The van der Waals surface area contributed by atoms with Crippen LogP contribution >= 0.6 is 0 Å². The van der Waals surface area contributed by atoms with Gasteiger partial charge in [-0.3, -0.25) is 4.79 Å². The number of amides is 1. The predicted octanol–water partition coefficient (Wildman–Crippen LogP) is 2.47. The molecule has 1 amide bonds. The molecule has 2 aromatic rings. The number of nitrogens with one attached hydrogen (secondary N) is 1. The molecule has 0 aliphatic heterocycles. The zero-order chi connectivity index (χ0) is 14.9. The molecule has 22 heavy (non-hydrogen) atoms. The largest absolute Gasteiger partial charge is 0.348 e. The summed E-state index contributed by atoms with van der Waals surface area (Å²) in [7, 11) is 0. The van der Waals surface area contributed by atoms with E-state index in [0.717, 1.165) is 31.6 Å². The van der Waals surface area contributed by atoms with Crippen molar-refractivity contribution in [1.29, 1.82) is 0 Å². The number of hydrogen-bond donors (Lipinski definition) is 1. The lowest BCUT2D eigenvalue weighted by atomic mass is 10.2. The van der Waals surface area contributed by atoms with Crippen molar-refractivity contribution in [2.45, 2.75) is 57.0 Å². The molecule has 116 valence electrons. The molecule has 0 bridgehead atoms. The van der Waals surface area contributed by atoms with Crippen molar-refractivity contribution in [1.82, 2.24) is 20.0 Å². The van der Waals surface area contributed by atoms with E-state index in [9.17, 15) is 4.79 Å². The summed E-state index contributed by atoms with van der Waals surface area (Å²) < 4.78 is 7.15. The maximum Gasteiger partial charge on any atom is 0.268 e. The average molecular weight is 300 g/mol. The Morgan fingerprint density at radius 1 is 1.32 bits per heavy atom. The molecule has 2 aliphatic carbocycles. The third-order valence-electron chi connectivity index (χ3n) is 4.47. The Morgan fingerprint density at radius 3 is 2.91 bits per heavy atom. The van der Waals surface area contributed by atoms with Gasteiger partial charge >= 0.3 is 0 Å². The van der Waals surface area contributed by atoms with Crippen LogP contribution in [0.5, 0.6) is 0 Å². The van der Waals surface area contributed by atoms with Crippen LogP contribution in [-0.4, -0.2) is 26.7 Å². The van der Waals surface area contributed by atoms with E-state index in [1.807, 2.05) is 22.9 Å². The smallest absolute Gasteiger partial charge is 0.268 e. The molecule has 2 fully saturated rings. The van der Waals surface area contributed by atoms with Crippen LogP contribution in [0.3, 0.4) is 0 Å². The van der Waals surface area contributed by atoms with Crippen LogP contribution in [0, 0.1) is 0 Å². The molecule has 0 radical (unpaired) electrons. The molecule has 2 aliphatic rings. The summed E-state index contributed by atoms with van der Waals surface area (Å²) in [4.78, 5) is 16.8. The summed E-state index contributed by atoms with van der Waals surface area (Å²) in [6, 6.07) is 4.04. The normalized spacial score (nSPS) is 18.7. The number of nitrogens with zero attached hydrogens (tertiary/aromatic N) is 3. The van der Waals surface area contributed by atoms with Crippen molar-refractivity contribution < 1.29 is 9.32 Å². The molecule has 2 heterocycles. The summed E-state index contributed by atoms with van der Waals surface area (Å²) in [5, 5.41) is 7.13. The van der Waals surface area contributed by atoms with Gasteiger partial charge in [0.15, 0.2) is 5.82 Å². The van der Waals surface area contributed by atoms with Gasteiger partial charge in [-0.05, 0) is 37.8 Å². The first-order valence-electron chi connectivity index (χ1n) is 8.08. The quantitative estimate of drug-likeness (QED) is 0.920. The molecule has 4 rings (SSSR count). The summed E-state index contributed by atoms with van der Waals surface area (Å²) >= 11 is 0. The molecule has 0 atom stereocenters. The van der Waals surface area contributed by atoms with Gasteiger partial charge in [0.1, 0.15) is 5.69 Å². The van der Waals surface area contributed by atoms with E-state index in [0.29, 0.717) is 30.0 Å². The second-order valence-corrected chi connectivity index (χ2v) is 6.30. The van der Waals surface area contributed by atoms with Gasteiger partial charge in [-0.25, -0.2) is 0 Å². The van der Waals surface area contributed by atoms with Gasteiger partial charge in [0.05, 0.1) is 6.54 Å². The van der Waals surface area contributed by atoms with Crippen LogP contribution in [0.15, 0.2) is 22.9 Å². The van der Waals surface area contributed by atoms with Gasteiger partial charge in [0.25, 0.3) is 5.91 Å². The van der Waals surface area contributed by atoms with Crippen LogP contribution in [0.25, 0.3) is 0 Å². The second-order valence-electron chi connectivity index (χ2n) is 6.30. The van der Waals surface area contributed by atoms with E-state index in [1.54, 1.807) is 0 Å². The summed E-state index contributed by atoms with van der Waals surface area (Å²) in [5.41, 5.74) is 0.657. The van der Waals surface area contributed by atoms with Crippen LogP contribution < -0.4 is 5.32 Å². The molecular formula is C16H20N4O2. The lowest BCUT2D eigenvalue weighted by Crippen LogP contribution is -2.34. The Balaban J connectivity index is 1.45. The molecule has 1 N–H and O–H groups in total. The first-order chi connectivity index (χ1) is 10.8. The Morgan fingerprint density at radius 2 is 2.14 bits per heavy atom. The highest BCUT2D eigenvalue weighted by Gasteiger charge is 2.29. The maximum atomic E-state index is 12.4. The summed E-state index contributed by atoms with van der Waals surface area (Å²) in [5.74, 6) is 1.81. The Labute approximate surface area is 128 Å². The van der Waals surface area contributed by atoms with Crippen LogP contribution in [-0.2, 0) is 6.54 Å². The monoisotopic (exact) mass is 300 g/mol. The number of rotatable bonds is 5. The highest BCUT2D eigenvalue weighted by molar-refractivity contribution is 5.93. The van der Waals surface area contributed by atoms with E-state index in [2.05, 4.69) is 15.5 Å². The van der Waals surface area contributed by atoms with Crippen molar-refractivity contribution in [3.63, 3.8) is 0 Å². The lowest BCUT2D eigenvalue weighted by Gasteiger charge is -2.13. The minimum Gasteiger partial charge on any atom is -0.348 e. The maximum absolute atomic E-state index is 12.4. The van der Waals surface area contributed by atoms with Gasteiger partial charge in [-0.1, -0.05) is 18.0 Å². The fourth-order valence-electron chi connectivity index (χ4n) is 3.07. The van der Waals surface area contributed by atoms with Crippen LogP contribution in [0.2, 0.25) is 0 Å². The second kappa shape index (κ2) is 5.59. The van der Waals surface area contributed by atoms with Crippen molar-refractivity contribution in [3.05, 3.63) is 35.7 Å². The minimum absolute atomic E-state index is 0.0113. The third kappa shape index (κ3) is 2.77. The molecule has 0 aromatic carbocycles.